The van der Waals surface area contributed by atoms with E-state index in [-0.39, 0.29) is 22.7 Å². The van der Waals surface area contributed by atoms with E-state index in [0.29, 0.717) is 11.4 Å². The molecule has 0 bridgehead atoms. The van der Waals surface area contributed by atoms with Crippen LogP contribution >= 0.6 is 0 Å². The number of hydrogen-bond acceptors (Lipinski definition) is 7. The van der Waals surface area contributed by atoms with Gasteiger partial charge in [-0.25, -0.2) is 0 Å². The third-order valence-electron chi connectivity index (χ3n) is 3.48. The van der Waals surface area contributed by atoms with Crippen LogP contribution in [0, 0.1) is 21.4 Å². The highest BCUT2D eigenvalue weighted by molar-refractivity contribution is 6.07. The van der Waals surface area contributed by atoms with Crippen molar-refractivity contribution < 1.29 is 19.2 Å². The SMILES string of the molecule is COc1ccc(N/C=C(/C#N)C(=O)Nc2ccc([N+](=O)[O-])cc2OC)cc1. The van der Waals surface area contributed by atoms with E-state index >= 15 is 0 Å². The van der Waals surface area contributed by atoms with E-state index in [0.717, 1.165) is 0 Å². The van der Waals surface area contributed by atoms with Crippen LogP contribution in [-0.2, 0) is 4.79 Å². The third-order valence-corrected chi connectivity index (χ3v) is 3.48. The molecule has 138 valence electrons. The molecule has 9 nitrogen and oxygen atoms in total. The maximum atomic E-state index is 12.3. The molecule has 0 aromatic heterocycles. The van der Waals surface area contributed by atoms with Crippen LogP contribution in [0.25, 0.3) is 0 Å². The molecule has 0 aliphatic carbocycles. The first-order valence-corrected chi connectivity index (χ1v) is 7.63. The van der Waals surface area contributed by atoms with Gasteiger partial charge in [0.05, 0.1) is 30.9 Å². The third kappa shape index (κ3) is 4.96. The van der Waals surface area contributed by atoms with Crippen LogP contribution in [0.3, 0.4) is 0 Å². The number of non-ortho nitro benzene ring substituents is 1. The predicted octanol–water partition coefficient (Wildman–Crippen LogP) is 3.07. The number of methoxy groups -OCH3 is 2. The molecule has 0 unspecified atom stereocenters. The van der Waals surface area contributed by atoms with Crippen LogP contribution in [0.1, 0.15) is 0 Å². The molecular formula is C18H16N4O5. The van der Waals surface area contributed by atoms with E-state index < -0.39 is 10.8 Å². The van der Waals surface area contributed by atoms with Gasteiger partial charge in [0, 0.05) is 18.0 Å². The number of nitrogens with zero attached hydrogens (tertiary/aromatic N) is 2. The van der Waals surface area contributed by atoms with Gasteiger partial charge in [0.15, 0.2) is 0 Å². The largest absolute Gasteiger partial charge is 0.497 e. The second-order valence-corrected chi connectivity index (χ2v) is 5.14. The lowest BCUT2D eigenvalue weighted by molar-refractivity contribution is -0.384. The minimum Gasteiger partial charge on any atom is -0.497 e. The molecule has 0 atom stereocenters. The summed E-state index contributed by atoms with van der Waals surface area (Å²) in [5.74, 6) is 0.0941. The topological polar surface area (TPSA) is 127 Å². The van der Waals surface area contributed by atoms with Gasteiger partial charge >= 0.3 is 0 Å². The van der Waals surface area contributed by atoms with Gasteiger partial charge in [-0.15, -0.1) is 0 Å². The smallest absolute Gasteiger partial charge is 0.273 e. The van der Waals surface area contributed by atoms with Gasteiger partial charge in [0.25, 0.3) is 11.6 Å². The molecule has 2 rings (SSSR count). The van der Waals surface area contributed by atoms with Crippen molar-refractivity contribution in [1.82, 2.24) is 0 Å². The fourth-order valence-electron chi connectivity index (χ4n) is 2.08. The number of nitro groups is 1. The Hall–Kier alpha value is -4.06. The lowest BCUT2D eigenvalue weighted by Crippen LogP contribution is -2.15. The zero-order valence-corrected chi connectivity index (χ0v) is 14.6. The van der Waals surface area contributed by atoms with Crippen molar-refractivity contribution in [2.75, 3.05) is 24.9 Å². The molecule has 2 aromatic carbocycles. The van der Waals surface area contributed by atoms with Crippen molar-refractivity contribution in [3.05, 3.63) is 64.4 Å². The molecule has 9 heteroatoms. The summed E-state index contributed by atoms with van der Waals surface area (Å²) in [6.07, 6.45) is 1.26. The Labute approximate surface area is 155 Å². The monoisotopic (exact) mass is 368 g/mol. The number of hydrogen-bond donors (Lipinski definition) is 2. The Morgan fingerprint density at radius 2 is 1.89 bits per heavy atom. The maximum absolute atomic E-state index is 12.3. The summed E-state index contributed by atoms with van der Waals surface area (Å²) in [6.45, 7) is 0. The van der Waals surface area contributed by atoms with E-state index in [2.05, 4.69) is 10.6 Å². The number of nitriles is 1. The van der Waals surface area contributed by atoms with Gasteiger partial charge in [-0.3, -0.25) is 14.9 Å². The number of rotatable bonds is 7. The fraction of sp³-hybridized carbons (Fsp3) is 0.111. The number of ether oxygens (including phenoxy) is 2. The van der Waals surface area contributed by atoms with Gasteiger partial charge in [-0.05, 0) is 30.3 Å². The molecule has 0 radical (unpaired) electrons. The van der Waals surface area contributed by atoms with Gasteiger partial charge in [-0.2, -0.15) is 5.26 Å². The summed E-state index contributed by atoms with van der Waals surface area (Å²) in [5, 5.41) is 25.4. The van der Waals surface area contributed by atoms with Crippen LogP contribution in [0.4, 0.5) is 17.1 Å². The highest BCUT2D eigenvalue weighted by Gasteiger charge is 2.15. The standard InChI is InChI=1S/C18H16N4O5/c1-26-15-6-3-13(4-7-15)20-11-12(10-19)18(23)21-16-8-5-14(22(24)25)9-17(16)27-2/h3-9,11,20H,1-2H3,(H,21,23)/b12-11-. The second kappa shape index (κ2) is 8.87. The second-order valence-electron chi connectivity index (χ2n) is 5.14. The summed E-state index contributed by atoms with van der Waals surface area (Å²) >= 11 is 0. The molecule has 0 heterocycles. The highest BCUT2D eigenvalue weighted by Crippen LogP contribution is 2.29. The van der Waals surface area contributed by atoms with Crippen LogP contribution in [-0.4, -0.2) is 25.1 Å². The van der Waals surface area contributed by atoms with Crippen LogP contribution in [0.2, 0.25) is 0 Å². The molecule has 1 amide bonds. The van der Waals surface area contributed by atoms with Crippen LogP contribution < -0.4 is 20.1 Å². The predicted molar refractivity (Wildman–Crippen MR) is 98.6 cm³/mol. The van der Waals surface area contributed by atoms with Crippen molar-refractivity contribution in [2.45, 2.75) is 0 Å². The van der Waals surface area contributed by atoms with Crippen molar-refractivity contribution in [1.29, 1.82) is 5.26 Å². The normalized spacial score (nSPS) is 10.5. The first kappa shape index (κ1) is 19.3. The van der Waals surface area contributed by atoms with Gasteiger partial charge < -0.3 is 20.1 Å². The Bertz CT molecular complexity index is 916. The number of carbonyl (C=O) groups is 1. The minimum absolute atomic E-state index is 0.109. The average Bonchev–Trinajstić information content (AvgIpc) is 2.69. The number of nitrogens with one attached hydrogen (secondary N) is 2. The first-order chi connectivity index (χ1) is 13.0. The average molecular weight is 368 g/mol. The summed E-state index contributed by atoms with van der Waals surface area (Å²) in [5.41, 5.74) is 0.497. The Morgan fingerprint density at radius 1 is 1.19 bits per heavy atom. The van der Waals surface area contributed by atoms with Crippen molar-refractivity contribution in [3.8, 4) is 17.6 Å². The van der Waals surface area contributed by atoms with Crippen LogP contribution in [0.5, 0.6) is 11.5 Å². The molecule has 0 fully saturated rings. The van der Waals surface area contributed by atoms with Gasteiger partial charge in [-0.1, -0.05) is 0 Å². The van der Waals surface area contributed by atoms with Crippen LogP contribution in [0.15, 0.2) is 54.2 Å². The number of amides is 1. The molecule has 2 N–H and O–H groups in total. The number of benzene rings is 2. The molecule has 0 saturated carbocycles. The van der Waals surface area contributed by atoms with E-state index in [1.807, 2.05) is 0 Å². The minimum atomic E-state index is -0.689. The zero-order chi connectivity index (χ0) is 19.8. The fourth-order valence-corrected chi connectivity index (χ4v) is 2.08. The van der Waals surface area contributed by atoms with E-state index in [1.165, 1.54) is 31.5 Å². The number of carbonyl (C=O) groups excluding carboxylic acids is 1. The lowest BCUT2D eigenvalue weighted by atomic mass is 10.2. The lowest BCUT2D eigenvalue weighted by Gasteiger charge is -2.10. The molecular weight excluding hydrogens is 352 g/mol. The van der Waals surface area contributed by atoms with Crippen molar-refractivity contribution in [3.63, 3.8) is 0 Å². The number of nitro benzene ring substituents is 1. The van der Waals surface area contributed by atoms with Gasteiger partial charge in [0.1, 0.15) is 23.1 Å². The Kier molecular flexibility index (Phi) is 6.33. The molecule has 27 heavy (non-hydrogen) atoms. The summed E-state index contributed by atoms with van der Waals surface area (Å²) in [6, 6.07) is 12.4. The Morgan fingerprint density at radius 3 is 2.44 bits per heavy atom. The quantitative estimate of drug-likeness (QED) is 0.333. The van der Waals surface area contributed by atoms with E-state index in [9.17, 15) is 20.2 Å². The summed E-state index contributed by atoms with van der Waals surface area (Å²) < 4.78 is 10.1. The van der Waals surface area contributed by atoms with Crippen molar-refractivity contribution >= 4 is 23.0 Å². The van der Waals surface area contributed by atoms with Gasteiger partial charge in [0.2, 0.25) is 0 Å². The summed E-state index contributed by atoms with van der Waals surface area (Å²) in [7, 11) is 2.87. The summed E-state index contributed by atoms with van der Waals surface area (Å²) in [4.78, 5) is 22.5. The van der Waals surface area contributed by atoms with E-state index in [4.69, 9.17) is 9.47 Å². The Balaban J connectivity index is 2.14. The molecule has 0 aliphatic heterocycles. The zero-order valence-electron chi connectivity index (χ0n) is 14.6. The number of anilines is 2. The molecule has 0 aliphatic rings. The van der Waals surface area contributed by atoms with Crippen molar-refractivity contribution in [2.24, 2.45) is 0 Å². The molecule has 0 saturated heterocycles. The van der Waals surface area contributed by atoms with E-state index in [1.54, 1.807) is 37.4 Å². The molecule has 0 spiro atoms. The highest BCUT2D eigenvalue weighted by atomic mass is 16.6. The molecule has 2 aromatic rings. The first-order valence-electron chi connectivity index (χ1n) is 7.63. The maximum Gasteiger partial charge on any atom is 0.273 e.